The first kappa shape index (κ1) is 22.3. The van der Waals surface area contributed by atoms with Crippen LogP contribution in [0.25, 0.3) is 0 Å². The van der Waals surface area contributed by atoms with Gasteiger partial charge in [-0.3, -0.25) is 24.4 Å². The highest BCUT2D eigenvalue weighted by atomic mass is 16.6. The van der Waals surface area contributed by atoms with Crippen molar-refractivity contribution in [1.82, 2.24) is 15.1 Å². The maximum atomic E-state index is 12.6. The van der Waals surface area contributed by atoms with E-state index in [4.69, 9.17) is 13.6 Å². The number of nitro benzene ring substituents is 1. The molecule has 0 aliphatic carbocycles. The lowest BCUT2D eigenvalue weighted by molar-refractivity contribution is -0.384. The number of non-ortho nitro benzene ring substituents is 1. The molecule has 1 aromatic carbocycles. The zero-order valence-electron chi connectivity index (χ0n) is 17.9. The summed E-state index contributed by atoms with van der Waals surface area (Å²) >= 11 is 0. The lowest BCUT2D eigenvalue weighted by Crippen LogP contribution is -2.25. The molecule has 2 amide bonds. The summed E-state index contributed by atoms with van der Waals surface area (Å²) in [5, 5.41) is 20.1. The van der Waals surface area contributed by atoms with Gasteiger partial charge in [-0.15, -0.1) is 0 Å². The van der Waals surface area contributed by atoms with Crippen molar-refractivity contribution in [3.05, 3.63) is 94.1 Å². The van der Waals surface area contributed by atoms with E-state index in [0.717, 1.165) is 0 Å². The third-order valence-electron chi connectivity index (χ3n) is 4.61. The molecule has 0 atom stereocenters. The first-order valence-electron chi connectivity index (χ1n) is 10.0. The number of hydrogen-bond acceptors (Lipinski definition) is 8. The van der Waals surface area contributed by atoms with Gasteiger partial charge in [0.1, 0.15) is 23.9 Å². The Morgan fingerprint density at radius 3 is 2.62 bits per heavy atom. The van der Waals surface area contributed by atoms with Gasteiger partial charge in [0.15, 0.2) is 11.5 Å². The smallest absolute Gasteiger partial charge is 0.291 e. The van der Waals surface area contributed by atoms with Crippen LogP contribution in [0.5, 0.6) is 5.75 Å². The van der Waals surface area contributed by atoms with Crippen LogP contribution in [0.2, 0.25) is 0 Å². The fraction of sp³-hybridized carbons (Fsp3) is 0.136. The largest absolute Gasteiger partial charge is 0.486 e. The molecule has 0 aliphatic heterocycles. The zero-order valence-corrected chi connectivity index (χ0v) is 17.9. The average Bonchev–Trinajstić information content (AvgIpc) is 3.58. The van der Waals surface area contributed by atoms with Gasteiger partial charge in [0.2, 0.25) is 0 Å². The van der Waals surface area contributed by atoms with Gasteiger partial charge in [0.25, 0.3) is 17.5 Å². The van der Waals surface area contributed by atoms with Crippen LogP contribution in [0, 0.1) is 10.1 Å². The van der Waals surface area contributed by atoms with Gasteiger partial charge in [-0.2, -0.15) is 5.10 Å². The highest BCUT2D eigenvalue weighted by Gasteiger charge is 2.20. The van der Waals surface area contributed by atoms with Gasteiger partial charge in [-0.25, -0.2) is 0 Å². The maximum Gasteiger partial charge on any atom is 0.291 e. The Kier molecular flexibility index (Phi) is 6.39. The molecule has 0 unspecified atom stereocenters. The molecule has 0 radical (unpaired) electrons. The number of ether oxygens (including phenoxy) is 1. The molecule has 34 heavy (non-hydrogen) atoms. The fourth-order valence-electron chi connectivity index (χ4n) is 2.99. The molecule has 3 heterocycles. The molecular weight excluding hydrogens is 446 g/mol. The number of carbonyl (C=O) groups excluding carboxylic acids is 2. The summed E-state index contributed by atoms with van der Waals surface area (Å²) in [6.07, 6.45) is 3.00. The Bertz CT molecular complexity index is 1310. The van der Waals surface area contributed by atoms with Crippen LogP contribution < -0.4 is 15.4 Å². The van der Waals surface area contributed by atoms with Gasteiger partial charge in [-0.1, -0.05) is 0 Å². The van der Waals surface area contributed by atoms with Crippen LogP contribution in [0.1, 0.15) is 32.6 Å². The van der Waals surface area contributed by atoms with Gasteiger partial charge >= 0.3 is 0 Å². The average molecular weight is 465 g/mol. The Morgan fingerprint density at radius 2 is 1.91 bits per heavy atom. The number of nitrogens with one attached hydrogen (secondary N) is 2. The summed E-state index contributed by atoms with van der Waals surface area (Å²) in [7, 11) is 1.62. The molecular formula is C22H19N5O7. The third kappa shape index (κ3) is 5.30. The number of anilines is 1. The standard InChI is InChI=1S/C22H19N5O7/c1-26-12-18(20(25-26)22(29)23-11-16-3-2-10-32-16)24-21(28)19-9-8-17(34-19)13-33-15-6-4-14(5-7-15)27(30)31/h2-10,12H,11,13H2,1H3,(H,23,29)(H,24,28). The second kappa shape index (κ2) is 9.73. The van der Waals surface area contributed by atoms with E-state index >= 15 is 0 Å². The lowest BCUT2D eigenvalue weighted by Gasteiger charge is -2.05. The molecule has 0 bridgehead atoms. The molecule has 12 heteroatoms. The van der Waals surface area contributed by atoms with Gasteiger partial charge in [0.05, 0.1) is 23.4 Å². The molecule has 4 rings (SSSR count). The lowest BCUT2D eigenvalue weighted by atomic mass is 10.3. The van der Waals surface area contributed by atoms with Crippen LogP contribution in [0.4, 0.5) is 11.4 Å². The van der Waals surface area contributed by atoms with Gasteiger partial charge < -0.3 is 24.2 Å². The van der Waals surface area contributed by atoms with Gasteiger partial charge in [-0.05, 0) is 36.4 Å². The van der Waals surface area contributed by atoms with E-state index in [1.165, 1.54) is 47.5 Å². The number of nitro groups is 1. The Morgan fingerprint density at radius 1 is 1.12 bits per heavy atom. The molecule has 0 spiro atoms. The molecule has 0 saturated carbocycles. The van der Waals surface area contributed by atoms with Crippen molar-refractivity contribution in [3.8, 4) is 5.75 Å². The topological polar surface area (TPSA) is 155 Å². The molecule has 0 fully saturated rings. The quantitative estimate of drug-likeness (QED) is 0.282. The van der Waals surface area contributed by atoms with Gasteiger partial charge in [0, 0.05) is 25.4 Å². The summed E-state index contributed by atoms with van der Waals surface area (Å²) in [6.45, 7) is 0.185. The van der Waals surface area contributed by atoms with Crippen molar-refractivity contribution in [2.45, 2.75) is 13.2 Å². The van der Waals surface area contributed by atoms with Crippen molar-refractivity contribution < 1.29 is 28.1 Å². The summed E-state index contributed by atoms with van der Waals surface area (Å²) in [6, 6.07) is 12.1. The van der Waals surface area contributed by atoms with Crippen LogP contribution in [0.3, 0.4) is 0 Å². The van der Waals surface area contributed by atoms with Crippen molar-refractivity contribution in [2.24, 2.45) is 7.05 Å². The van der Waals surface area contributed by atoms with E-state index in [2.05, 4.69) is 15.7 Å². The number of carbonyl (C=O) groups is 2. The Balaban J connectivity index is 1.36. The van der Waals surface area contributed by atoms with Crippen LogP contribution in [0.15, 0.2) is 69.8 Å². The summed E-state index contributed by atoms with van der Waals surface area (Å²) in [5.74, 6) is 0.306. The number of aromatic nitrogens is 2. The van der Waals surface area contributed by atoms with E-state index in [9.17, 15) is 19.7 Å². The first-order chi connectivity index (χ1) is 16.4. The van der Waals surface area contributed by atoms with E-state index < -0.39 is 16.7 Å². The number of aryl methyl sites for hydroxylation is 1. The molecule has 4 aromatic rings. The monoisotopic (exact) mass is 465 g/mol. The SMILES string of the molecule is Cn1cc(NC(=O)c2ccc(COc3ccc([N+](=O)[O-])cc3)o2)c(C(=O)NCc2ccco2)n1. The Labute approximate surface area is 192 Å². The minimum absolute atomic E-state index is 0.00750. The Hall–Kier alpha value is -4.87. The number of furan rings is 2. The predicted molar refractivity (Wildman–Crippen MR) is 117 cm³/mol. The normalized spacial score (nSPS) is 10.6. The van der Waals surface area contributed by atoms with Crippen molar-refractivity contribution in [1.29, 1.82) is 0 Å². The summed E-state index contributed by atoms with van der Waals surface area (Å²) in [4.78, 5) is 35.4. The van der Waals surface area contributed by atoms with E-state index in [-0.39, 0.29) is 36.0 Å². The fourth-order valence-corrected chi connectivity index (χ4v) is 2.99. The number of hydrogen-bond donors (Lipinski definition) is 2. The van der Waals surface area contributed by atoms with Crippen LogP contribution in [-0.2, 0) is 20.2 Å². The molecule has 0 aliphatic rings. The molecule has 3 aromatic heterocycles. The molecule has 12 nitrogen and oxygen atoms in total. The minimum Gasteiger partial charge on any atom is -0.486 e. The maximum absolute atomic E-state index is 12.6. The minimum atomic E-state index is -0.574. The molecule has 0 saturated heterocycles. The van der Waals surface area contributed by atoms with Crippen molar-refractivity contribution in [2.75, 3.05) is 5.32 Å². The van der Waals surface area contributed by atoms with Crippen LogP contribution >= 0.6 is 0 Å². The number of benzene rings is 1. The third-order valence-corrected chi connectivity index (χ3v) is 4.61. The predicted octanol–water partition coefficient (Wildman–Crippen LogP) is 3.28. The number of nitrogens with zero attached hydrogens (tertiary/aromatic N) is 3. The van der Waals surface area contributed by atoms with E-state index in [1.807, 2.05) is 0 Å². The molecule has 174 valence electrons. The molecule has 2 N–H and O–H groups in total. The highest BCUT2D eigenvalue weighted by molar-refractivity contribution is 6.07. The summed E-state index contributed by atoms with van der Waals surface area (Å²) < 4.78 is 17.6. The summed E-state index contributed by atoms with van der Waals surface area (Å²) in [5.41, 5.74) is 0.203. The number of amides is 2. The number of rotatable bonds is 9. The van der Waals surface area contributed by atoms with Crippen LogP contribution in [-0.4, -0.2) is 26.5 Å². The van der Waals surface area contributed by atoms with Crippen molar-refractivity contribution in [3.63, 3.8) is 0 Å². The van der Waals surface area contributed by atoms with Crippen molar-refractivity contribution >= 4 is 23.2 Å². The second-order valence-electron chi connectivity index (χ2n) is 7.09. The second-order valence-corrected chi connectivity index (χ2v) is 7.09. The first-order valence-corrected chi connectivity index (χ1v) is 10.0. The zero-order chi connectivity index (χ0) is 24.1. The van der Waals surface area contributed by atoms with E-state index in [1.54, 1.807) is 25.2 Å². The highest BCUT2D eigenvalue weighted by Crippen LogP contribution is 2.20. The van der Waals surface area contributed by atoms with E-state index in [0.29, 0.717) is 17.3 Å².